The third-order valence-electron chi connectivity index (χ3n) is 5.98. The highest BCUT2D eigenvalue weighted by Crippen LogP contribution is 2.43. The van der Waals surface area contributed by atoms with Crippen LogP contribution in [-0.2, 0) is 4.79 Å². The molecule has 0 aliphatic rings. The lowest BCUT2D eigenvalue weighted by Gasteiger charge is -2.34. The second kappa shape index (κ2) is 17.2. The third kappa shape index (κ3) is 9.32. The van der Waals surface area contributed by atoms with Crippen LogP contribution in [0.15, 0.2) is 13.4 Å². The lowest BCUT2D eigenvalue weighted by molar-refractivity contribution is -0.127. The number of amides is 3. The minimum absolute atomic E-state index is 0.0770. The zero-order valence-electron chi connectivity index (χ0n) is 21.6. The molecule has 0 aliphatic heterocycles. The molecule has 0 aromatic heterocycles. The number of primary amides is 1. The van der Waals surface area contributed by atoms with Crippen LogP contribution in [0, 0.1) is 0 Å². The fraction of sp³-hybridized carbons (Fsp3) is 0.591. The summed E-state index contributed by atoms with van der Waals surface area (Å²) < 4.78 is -0.516. The molecular weight excluding hydrogens is 768 g/mol. The molecule has 8 atom stereocenters. The summed E-state index contributed by atoms with van der Waals surface area (Å²) in [6.45, 7) is -4.43. The van der Waals surface area contributed by atoms with Crippen LogP contribution in [-0.4, -0.2) is 155 Å². The molecule has 8 unspecified atom stereocenters. The largest absolute Gasteiger partial charge is 0.394 e. The van der Waals surface area contributed by atoms with E-state index in [4.69, 9.17) is 21.7 Å². The second-order valence-corrected chi connectivity index (χ2v) is 11.4. The standard InChI is InChI=1S/C22H33Br3N4O13/c23-13-11(21(27)41)14(24)16(28-10(36)1-26)15(25)12(13)22(42)29(2-6(32)17(37)19(39)8(34)4-30)3-7(33)18(38)20(40)9(35)5-31/h6-9,17-20,30-35,37-40H,1-5,26H2,(H2,27,41)(H,28,36). The van der Waals surface area contributed by atoms with Crippen molar-refractivity contribution in [1.29, 1.82) is 0 Å². The van der Waals surface area contributed by atoms with E-state index in [9.17, 15) is 55.2 Å². The highest BCUT2D eigenvalue weighted by molar-refractivity contribution is 9.11. The molecule has 1 aromatic rings. The molecule has 0 heterocycles. The van der Waals surface area contributed by atoms with Crippen LogP contribution in [0.25, 0.3) is 0 Å². The summed E-state index contributed by atoms with van der Waals surface area (Å²) in [4.78, 5) is 38.8. The van der Waals surface area contributed by atoms with Crippen LogP contribution in [0.4, 0.5) is 5.69 Å². The van der Waals surface area contributed by atoms with Gasteiger partial charge in [0.05, 0.1) is 45.5 Å². The lowest BCUT2D eigenvalue weighted by atomic mass is 10.00. The molecule has 0 spiro atoms. The molecule has 20 heteroatoms. The van der Waals surface area contributed by atoms with Crippen LogP contribution in [0.2, 0.25) is 0 Å². The Morgan fingerprint density at radius 1 is 0.690 bits per heavy atom. The Balaban J connectivity index is 3.73. The van der Waals surface area contributed by atoms with E-state index in [2.05, 4.69) is 53.1 Å². The van der Waals surface area contributed by atoms with Gasteiger partial charge in [0.2, 0.25) is 5.91 Å². The Labute approximate surface area is 263 Å². The highest BCUT2D eigenvalue weighted by atomic mass is 79.9. The first-order valence-electron chi connectivity index (χ1n) is 11.9. The maximum atomic E-state index is 13.9. The van der Waals surface area contributed by atoms with Gasteiger partial charge in [-0.05, 0) is 47.8 Å². The highest BCUT2D eigenvalue weighted by Gasteiger charge is 2.37. The zero-order valence-corrected chi connectivity index (χ0v) is 26.3. The smallest absolute Gasteiger partial charge is 0.256 e. The van der Waals surface area contributed by atoms with Crippen molar-refractivity contribution in [3.63, 3.8) is 0 Å². The fourth-order valence-electron chi connectivity index (χ4n) is 3.56. The second-order valence-electron chi connectivity index (χ2n) is 8.99. The number of anilines is 1. The monoisotopic (exact) mass is 798 g/mol. The van der Waals surface area contributed by atoms with Gasteiger partial charge in [-0.2, -0.15) is 0 Å². The molecule has 0 aliphatic carbocycles. The van der Waals surface area contributed by atoms with Crippen LogP contribution < -0.4 is 16.8 Å². The molecule has 0 fully saturated rings. The van der Waals surface area contributed by atoms with E-state index in [-0.39, 0.29) is 24.7 Å². The van der Waals surface area contributed by atoms with Gasteiger partial charge >= 0.3 is 0 Å². The van der Waals surface area contributed by atoms with E-state index < -0.39 is 105 Å². The number of nitrogens with zero attached hydrogens (tertiary/aromatic N) is 1. The predicted octanol–water partition coefficient (Wildman–Crippen LogP) is -4.72. The molecule has 1 rings (SSSR count). The number of hydrogen-bond acceptors (Lipinski definition) is 14. The van der Waals surface area contributed by atoms with Crippen LogP contribution in [0.5, 0.6) is 0 Å². The first-order chi connectivity index (χ1) is 19.5. The average Bonchev–Trinajstić information content (AvgIpc) is 2.95. The number of aliphatic hydroxyl groups excluding tert-OH is 10. The summed E-state index contributed by atoms with van der Waals surface area (Å²) >= 11 is 9.36. The Hall–Kier alpha value is -1.37. The van der Waals surface area contributed by atoms with Crippen molar-refractivity contribution in [1.82, 2.24) is 4.90 Å². The molecule has 15 N–H and O–H groups in total. The maximum absolute atomic E-state index is 13.9. The van der Waals surface area contributed by atoms with E-state index in [0.717, 1.165) is 0 Å². The zero-order chi connectivity index (χ0) is 32.6. The molecule has 0 saturated carbocycles. The number of carbonyl (C=O) groups excluding carboxylic acids is 3. The fourth-order valence-corrected chi connectivity index (χ4v) is 6.48. The summed E-state index contributed by atoms with van der Waals surface area (Å²) in [5.41, 5.74) is 9.83. The maximum Gasteiger partial charge on any atom is 0.256 e. The quantitative estimate of drug-likeness (QED) is 0.0748. The Kier molecular flexibility index (Phi) is 15.8. The number of halogens is 3. The normalized spacial score (nSPS) is 17.4. The van der Waals surface area contributed by atoms with Crippen molar-refractivity contribution in [3.05, 3.63) is 24.5 Å². The number of nitrogens with two attached hydrogens (primary N) is 2. The van der Waals surface area contributed by atoms with Crippen molar-refractivity contribution < 1.29 is 65.4 Å². The number of nitrogens with one attached hydrogen (secondary N) is 1. The van der Waals surface area contributed by atoms with Gasteiger partial charge in [-0.3, -0.25) is 14.4 Å². The first-order valence-corrected chi connectivity index (χ1v) is 14.3. The molecule has 240 valence electrons. The van der Waals surface area contributed by atoms with E-state index in [0.29, 0.717) is 4.90 Å². The summed E-state index contributed by atoms with van der Waals surface area (Å²) in [6, 6.07) is 0. The van der Waals surface area contributed by atoms with Crippen LogP contribution in [0.3, 0.4) is 0 Å². The molecule has 17 nitrogen and oxygen atoms in total. The van der Waals surface area contributed by atoms with E-state index in [1.54, 1.807) is 0 Å². The number of carbonyl (C=O) groups is 3. The number of benzene rings is 1. The van der Waals surface area contributed by atoms with Crippen LogP contribution in [0.1, 0.15) is 20.7 Å². The first kappa shape index (κ1) is 38.7. The van der Waals surface area contributed by atoms with Crippen molar-refractivity contribution in [2.45, 2.75) is 48.8 Å². The van der Waals surface area contributed by atoms with Gasteiger partial charge in [0.25, 0.3) is 11.8 Å². The topological polar surface area (TPSA) is 321 Å². The minimum atomic E-state index is -2.18. The van der Waals surface area contributed by atoms with E-state index >= 15 is 0 Å². The Bertz CT molecular complexity index is 1090. The molecule has 0 saturated heterocycles. The number of rotatable bonds is 16. The van der Waals surface area contributed by atoms with Crippen molar-refractivity contribution in [3.8, 4) is 0 Å². The molecular formula is C22H33Br3N4O13. The predicted molar refractivity (Wildman–Crippen MR) is 154 cm³/mol. The van der Waals surface area contributed by atoms with Gasteiger partial charge < -0.3 is 72.7 Å². The minimum Gasteiger partial charge on any atom is -0.394 e. The molecule has 1 aromatic carbocycles. The summed E-state index contributed by atoms with van der Waals surface area (Å²) in [5, 5.41) is 101. The Morgan fingerprint density at radius 2 is 1.07 bits per heavy atom. The van der Waals surface area contributed by atoms with Crippen molar-refractivity contribution in [2.75, 3.05) is 38.2 Å². The van der Waals surface area contributed by atoms with E-state index in [1.165, 1.54) is 0 Å². The van der Waals surface area contributed by atoms with Crippen LogP contribution >= 0.6 is 47.8 Å². The van der Waals surface area contributed by atoms with Gasteiger partial charge in [-0.25, -0.2) is 0 Å². The van der Waals surface area contributed by atoms with Gasteiger partial charge in [0.15, 0.2) is 0 Å². The summed E-state index contributed by atoms with van der Waals surface area (Å²) in [7, 11) is 0. The molecule has 42 heavy (non-hydrogen) atoms. The number of hydrogen-bond donors (Lipinski definition) is 13. The van der Waals surface area contributed by atoms with Gasteiger partial charge in [-0.15, -0.1) is 0 Å². The van der Waals surface area contributed by atoms with Gasteiger partial charge in [-0.1, -0.05) is 0 Å². The van der Waals surface area contributed by atoms with E-state index in [1.807, 2.05) is 0 Å². The Morgan fingerprint density at radius 3 is 1.43 bits per heavy atom. The van der Waals surface area contributed by atoms with Gasteiger partial charge in [0.1, 0.15) is 48.8 Å². The molecule has 0 bridgehead atoms. The summed E-state index contributed by atoms with van der Waals surface area (Å²) in [5.74, 6) is -3.01. The number of aliphatic hydroxyl groups is 10. The molecule has 3 amide bonds. The van der Waals surface area contributed by atoms with Gasteiger partial charge in [0, 0.05) is 17.6 Å². The third-order valence-corrected chi connectivity index (χ3v) is 8.36. The van der Waals surface area contributed by atoms with Crippen molar-refractivity contribution >= 4 is 71.2 Å². The van der Waals surface area contributed by atoms with Crippen molar-refractivity contribution in [2.24, 2.45) is 11.5 Å². The summed E-state index contributed by atoms with van der Waals surface area (Å²) in [6.07, 6.45) is -16.5. The molecule has 0 radical (unpaired) electrons. The average molecular weight is 801 g/mol. The SMILES string of the molecule is NCC(=O)Nc1c(Br)c(C(N)=O)c(Br)c(C(=O)N(CC(O)C(O)C(O)C(O)CO)CC(O)C(O)C(O)C(O)CO)c1Br. The lowest BCUT2D eigenvalue weighted by Crippen LogP contribution is -2.54.